The van der Waals surface area contributed by atoms with E-state index in [1.807, 2.05) is 35.7 Å². The molecule has 1 aromatic carbocycles. The number of hydrogen-bond acceptors (Lipinski definition) is 4. The molecule has 0 aliphatic heterocycles. The van der Waals surface area contributed by atoms with Crippen LogP contribution in [0.25, 0.3) is 11.0 Å². The minimum absolute atomic E-state index is 0.0126. The molecule has 0 bridgehead atoms. The first-order chi connectivity index (χ1) is 9.24. The number of carbonyl (C=O) groups is 1. The van der Waals surface area contributed by atoms with Gasteiger partial charge in [0.2, 0.25) is 0 Å². The van der Waals surface area contributed by atoms with E-state index in [2.05, 4.69) is 25.9 Å². The van der Waals surface area contributed by atoms with Crippen molar-refractivity contribution in [2.75, 3.05) is 0 Å². The second-order valence-electron chi connectivity index (χ2n) is 4.04. The van der Waals surface area contributed by atoms with Gasteiger partial charge in [0.1, 0.15) is 5.69 Å². The number of Topliss-reactive ketones (excluding diaryl/α,β-unsaturated/α-hetero) is 1. The summed E-state index contributed by atoms with van der Waals surface area (Å²) in [5.41, 5.74) is 1.97. The maximum atomic E-state index is 12.2. The van der Waals surface area contributed by atoms with Crippen LogP contribution in [0, 0.1) is 0 Å². The Balaban J connectivity index is 1.91. The van der Waals surface area contributed by atoms with Crippen molar-refractivity contribution in [1.29, 1.82) is 0 Å². The third-order valence-electron chi connectivity index (χ3n) is 2.75. The Labute approximate surface area is 122 Å². The normalized spacial score (nSPS) is 10.8. The van der Waals surface area contributed by atoms with Crippen molar-refractivity contribution in [2.24, 2.45) is 0 Å². The van der Waals surface area contributed by atoms with Crippen LogP contribution in [0.3, 0.4) is 0 Å². The Morgan fingerprint density at radius 3 is 2.74 bits per heavy atom. The van der Waals surface area contributed by atoms with Crippen molar-refractivity contribution in [3.8, 4) is 0 Å². The van der Waals surface area contributed by atoms with Crippen LogP contribution in [0.5, 0.6) is 0 Å². The predicted molar refractivity (Wildman–Crippen MR) is 79.6 cm³/mol. The number of thiophene rings is 1. The number of fused-ring (bicyclic) bond motifs is 1. The summed E-state index contributed by atoms with van der Waals surface area (Å²) in [5, 5.41) is 1.96. The van der Waals surface area contributed by atoms with Gasteiger partial charge >= 0.3 is 0 Å². The maximum Gasteiger partial charge on any atom is 0.188 e. The van der Waals surface area contributed by atoms with Crippen molar-refractivity contribution >= 4 is 44.1 Å². The lowest BCUT2D eigenvalue weighted by Crippen LogP contribution is -2.06. The zero-order valence-corrected chi connectivity index (χ0v) is 12.2. The molecule has 0 unspecified atom stereocenters. The van der Waals surface area contributed by atoms with Crippen molar-refractivity contribution in [3.63, 3.8) is 0 Å². The van der Waals surface area contributed by atoms with E-state index in [1.165, 1.54) is 0 Å². The number of rotatable bonds is 3. The molecule has 3 rings (SSSR count). The summed E-state index contributed by atoms with van der Waals surface area (Å²) in [7, 11) is 0. The summed E-state index contributed by atoms with van der Waals surface area (Å²) >= 11 is 4.99. The second-order valence-corrected chi connectivity index (χ2v) is 5.89. The Kier molecular flexibility index (Phi) is 3.40. The number of halogens is 1. The van der Waals surface area contributed by atoms with Crippen LogP contribution in [0.15, 0.2) is 46.4 Å². The number of carbonyl (C=O) groups excluding carboxylic acids is 1. The molecule has 3 aromatic rings. The maximum absolute atomic E-state index is 12.2. The van der Waals surface area contributed by atoms with Crippen LogP contribution in [0.2, 0.25) is 0 Å². The number of nitrogens with zero attached hydrogens (tertiary/aromatic N) is 2. The van der Waals surface area contributed by atoms with Crippen LogP contribution in [-0.2, 0) is 6.42 Å². The van der Waals surface area contributed by atoms with Gasteiger partial charge in [0, 0.05) is 15.8 Å². The van der Waals surface area contributed by atoms with E-state index in [1.54, 1.807) is 17.5 Å². The SMILES string of the molecule is O=C(Cc1sccc1Br)c1cnc2ccccc2n1. The van der Waals surface area contributed by atoms with Gasteiger partial charge in [-0.3, -0.25) is 9.78 Å². The van der Waals surface area contributed by atoms with Crippen molar-refractivity contribution in [1.82, 2.24) is 9.97 Å². The first kappa shape index (κ1) is 12.4. The standard InChI is InChI=1S/C14H9BrN2OS/c15-9-5-6-19-14(9)7-13(18)12-8-16-10-3-1-2-4-11(10)17-12/h1-6,8H,7H2. The van der Waals surface area contributed by atoms with Gasteiger partial charge in [-0.2, -0.15) is 0 Å². The zero-order valence-electron chi connectivity index (χ0n) is 9.84. The molecule has 94 valence electrons. The largest absolute Gasteiger partial charge is 0.292 e. The van der Waals surface area contributed by atoms with Crippen molar-refractivity contribution in [3.05, 3.63) is 57.0 Å². The van der Waals surface area contributed by atoms with Gasteiger partial charge in [-0.05, 0) is 39.5 Å². The molecule has 0 spiro atoms. The third-order valence-corrected chi connectivity index (χ3v) is 4.67. The molecule has 0 N–H and O–H groups in total. The van der Waals surface area contributed by atoms with E-state index >= 15 is 0 Å². The molecule has 0 aliphatic carbocycles. The molecule has 0 amide bonds. The van der Waals surface area contributed by atoms with Gasteiger partial charge in [0.15, 0.2) is 5.78 Å². The average molecular weight is 333 g/mol. The highest BCUT2D eigenvalue weighted by atomic mass is 79.9. The lowest BCUT2D eigenvalue weighted by molar-refractivity contribution is 0.0989. The minimum Gasteiger partial charge on any atom is -0.292 e. The van der Waals surface area contributed by atoms with Crippen LogP contribution in [0.1, 0.15) is 15.4 Å². The van der Waals surface area contributed by atoms with Gasteiger partial charge in [-0.25, -0.2) is 4.98 Å². The Morgan fingerprint density at radius 1 is 1.21 bits per heavy atom. The van der Waals surface area contributed by atoms with Gasteiger partial charge in [-0.15, -0.1) is 11.3 Å². The summed E-state index contributed by atoms with van der Waals surface area (Å²) in [4.78, 5) is 21.8. The van der Waals surface area contributed by atoms with Crippen LogP contribution in [0.4, 0.5) is 0 Å². The van der Waals surface area contributed by atoms with E-state index in [4.69, 9.17) is 0 Å². The minimum atomic E-state index is -0.0126. The van der Waals surface area contributed by atoms with E-state index in [-0.39, 0.29) is 5.78 Å². The zero-order chi connectivity index (χ0) is 13.2. The quantitative estimate of drug-likeness (QED) is 0.683. The second kappa shape index (κ2) is 5.19. The molecule has 19 heavy (non-hydrogen) atoms. The monoisotopic (exact) mass is 332 g/mol. The number of para-hydroxylation sites is 2. The summed E-state index contributed by atoms with van der Waals surface area (Å²) in [6.07, 6.45) is 1.90. The first-order valence-electron chi connectivity index (χ1n) is 5.71. The number of aromatic nitrogens is 2. The van der Waals surface area contributed by atoms with Gasteiger partial charge in [0.05, 0.1) is 17.2 Å². The van der Waals surface area contributed by atoms with Crippen LogP contribution >= 0.6 is 27.3 Å². The molecule has 5 heteroatoms. The average Bonchev–Trinajstić information content (AvgIpc) is 2.84. The first-order valence-corrected chi connectivity index (χ1v) is 7.38. The molecule has 0 fully saturated rings. The number of benzene rings is 1. The molecule has 0 atom stereocenters. The highest BCUT2D eigenvalue weighted by Gasteiger charge is 2.12. The molecular weight excluding hydrogens is 324 g/mol. The van der Waals surface area contributed by atoms with Crippen LogP contribution in [-0.4, -0.2) is 15.8 Å². The summed E-state index contributed by atoms with van der Waals surface area (Å²) in [5.74, 6) is -0.0126. The highest BCUT2D eigenvalue weighted by Crippen LogP contribution is 2.24. The highest BCUT2D eigenvalue weighted by molar-refractivity contribution is 9.10. The third kappa shape index (κ3) is 2.57. The van der Waals surface area contributed by atoms with E-state index in [9.17, 15) is 4.79 Å². The van der Waals surface area contributed by atoms with Gasteiger partial charge in [0.25, 0.3) is 0 Å². The number of ketones is 1. The predicted octanol–water partition coefficient (Wildman–Crippen LogP) is 3.88. The summed E-state index contributed by atoms with van der Waals surface area (Å²) in [6, 6.07) is 9.48. The molecule has 0 saturated heterocycles. The molecule has 0 aliphatic rings. The van der Waals surface area contributed by atoms with Crippen molar-refractivity contribution in [2.45, 2.75) is 6.42 Å². The molecule has 3 nitrogen and oxygen atoms in total. The van der Waals surface area contributed by atoms with Crippen LogP contribution < -0.4 is 0 Å². The van der Waals surface area contributed by atoms with E-state index in [0.717, 1.165) is 20.4 Å². The number of hydrogen-bond donors (Lipinski definition) is 0. The fraction of sp³-hybridized carbons (Fsp3) is 0.0714. The van der Waals surface area contributed by atoms with E-state index in [0.29, 0.717) is 12.1 Å². The Hall–Kier alpha value is -1.59. The van der Waals surface area contributed by atoms with Crippen molar-refractivity contribution < 1.29 is 4.79 Å². The molecule has 2 heterocycles. The Bertz CT molecular complexity index is 754. The van der Waals surface area contributed by atoms with Gasteiger partial charge < -0.3 is 0 Å². The van der Waals surface area contributed by atoms with E-state index < -0.39 is 0 Å². The van der Waals surface area contributed by atoms with Gasteiger partial charge in [-0.1, -0.05) is 12.1 Å². The lowest BCUT2D eigenvalue weighted by atomic mass is 10.2. The molecule has 0 saturated carbocycles. The summed E-state index contributed by atoms with van der Waals surface area (Å²) in [6.45, 7) is 0. The lowest BCUT2D eigenvalue weighted by Gasteiger charge is -2.01. The fourth-order valence-electron chi connectivity index (χ4n) is 1.78. The summed E-state index contributed by atoms with van der Waals surface area (Å²) < 4.78 is 0.972. The Morgan fingerprint density at radius 2 is 2.00 bits per heavy atom. The molecule has 0 radical (unpaired) electrons. The topological polar surface area (TPSA) is 42.9 Å². The fourth-order valence-corrected chi connectivity index (χ4v) is 3.27. The molecule has 2 aromatic heterocycles. The smallest absolute Gasteiger partial charge is 0.188 e. The molecular formula is C14H9BrN2OS.